The zero-order valence-corrected chi connectivity index (χ0v) is 18.7. The monoisotopic (exact) mass is 451 g/mol. The molecular weight excluding hydrogens is 426 g/mol. The van der Waals surface area contributed by atoms with Gasteiger partial charge in [0.1, 0.15) is 6.54 Å². The highest BCUT2D eigenvalue weighted by atomic mass is 35.5. The molecule has 2 amide bonds. The second-order valence-electron chi connectivity index (χ2n) is 7.82. The summed E-state index contributed by atoms with van der Waals surface area (Å²) in [5.41, 5.74) is 9.21. The summed E-state index contributed by atoms with van der Waals surface area (Å²) in [7, 11) is 0. The molecule has 3 N–H and O–H groups in total. The van der Waals surface area contributed by atoms with Gasteiger partial charge in [-0.1, -0.05) is 11.6 Å². The van der Waals surface area contributed by atoms with Gasteiger partial charge in [-0.15, -0.1) is 0 Å². The largest absolute Gasteiger partial charge is 0.398 e. The Bertz CT molecular complexity index is 1050. The van der Waals surface area contributed by atoms with Crippen LogP contribution in [0.15, 0.2) is 41.4 Å². The molecule has 0 spiro atoms. The molecule has 2 aromatic rings. The van der Waals surface area contributed by atoms with Gasteiger partial charge in [0, 0.05) is 53.2 Å². The predicted octanol–water partition coefficient (Wildman–Crippen LogP) is 3.46. The second-order valence-corrected chi connectivity index (χ2v) is 8.25. The van der Waals surface area contributed by atoms with Crippen molar-refractivity contribution in [2.45, 2.75) is 19.8 Å². The van der Waals surface area contributed by atoms with Crippen LogP contribution in [0.25, 0.3) is 0 Å². The number of nitrogens with zero attached hydrogens (tertiary/aromatic N) is 3. The molecule has 166 valence electrons. The van der Waals surface area contributed by atoms with Gasteiger partial charge in [-0.3, -0.25) is 14.6 Å². The summed E-state index contributed by atoms with van der Waals surface area (Å²) < 4.78 is 0. The maximum absolute atomic E-state index is 12.6. The van der Waals surface area contributed by atoms with Crippen molar-refractivity contribution in [2.24, 2.45) is 10.9 Å². The van der Waals surface area contributed by atoms with E-state index in [0.717, 1.165) is 18.4 Å². The number of carbonyl (C=O) groups is 2. The van der Waals surface area contributed by atoms with Gasteiger partial charge in [0.05, 0.1) is 6.07 Å². The molecule has 0 saturated carbocycles. The molecule has 0 radical (unpaired) electrons. The Balaban J connectivity index is 1.57. The molecule has 7 nitrogen and oxygen atoms in total. The fourth-order valence-electron chi connectivity index (χ4n) is 3.77. The summed E-state index contributed by atoms with van der Waals surface area (Å²) in [5, 5.41) is 11.8. The van der Waals surface area contributed by atoms with Crippen molar-refractivity contribution in [1.29, 1.82) is 5.26 Å². The molecule has 0 atom stereocenters. The molecule has 32 heavy (non-hydrogen) atoms. The van der Waals surface area contributed by atoms with E-state index in [0.29, 0.717) is 53.0 Å². The van der Waals surface area contributed by atoms with Gasteiger partial charge in [0.2, 0.25) is 0 Å². The number of anilines is 1. The van der Waals surface area contributed by atoms with E-state index in [1.54, 1.807) is 42.6 Å². The Kier molecular flexibility index (Phi) is 7.85. The van der Waals surface area contributed by atoms with Gasteiger partial charge >= 0.3 is 0 Å². The lowest BCUT2D eigenvalue weighted by molar-refractivity contribution is 0.0693. The number of benzene rings is 2. The fraction of sp³-hybridized carbons (Fsp3) is 0.333. The number of halogens is 1. The van der Waals surface area contributed by atoms with Crippen LogP contribution in [0.1, 0.15) is 44.7 Å². The minimum absolute atomic E-state index is 0.0264. The first-order valence-electron chi connectivity index (χ1n) is 10.5. The van der Waals surface area contributed by atoms with E-state index in [4.69, 9.17) is 22.6 Å². The van der Waals surface area contributed by atoms with Crippen molar-refractivity contribution in [1.82, 2.24) is 10.2 Å². The smallest absolute Gasteiger partial charge is 0.253 e. The number of carbonyl (C=O) groups excluding carboxylic acids is 2. The summed E-state index contributed by atoms with van der Waals surface area (Å²) in [6, 6.07) is 12.2. The lowest BCUT2D eigenvalue weighted by Gasteiger charge is -2.31. The zero-order chi connectivity index (χ0) is 23.1. The van der Waals surface area contributed by atoms with Gasteiger partial charge in [-0.05, 0) is 67.6 Å². The van der Waals surface area contributed by atoms with Gasteiger partial charge in [-0.25, -0.2) is 0 Å². The number of nitrogens with one attached hydrogen (secondary N) is 1. The zero-order valence-electron chi connectivity index (χ0n) is 18.0. The third-order valence-electron chi connectivity index (χ3n) is 5.70. The average Bonchev–Trinajstić information content (AvgIpc) is 2.80. The highest BCUT2D eigenvalue weighted by molar-refractivity contribution is 6.30. The predicted molar refractivity (Wildman–Crippen MR) is 126 cm³/mol. The number of hydrogen-bond acceptors (Lipinski definition) is 5. The SMILES string of the molecule is Cc1c(C(=O)NCC#N)ccc(N)c1C=NCC1CCN(C(=O)c2ccc(Cl)cc2)CC1. The summed E-state index contributed by atoms with van der Waals surface area (Å²) in [6.07, 6.45) is 3.47. The fourth-order valence-corrected chi connectivity index (χ4v) is 3.89. The van der Waals surface area contributed by atoms with Crippen LogP contribution >= 0.6 is 11.6 Å². The van der Waals surface area contributed by atoms with Gasteiger partial charge in [-0.2, -0.15) is 5.26 Å². The molecule has 8 heteroatoms. The topological polar surface area (TPSA) is 112 Å². The Morgan fingerprint density at radius 1 is 1.25 bits per heavy atom. The second kappa shape index (κ2) is 10.8. The molecule has 1 heterocycles. The van der Waals surface area contributed by atoms with Gasteiger partial charge < -0.3 is 16.0 Å². The molecule has 0 bridgehead atoms. The van der Waals surface area contributed by atoms with Crippen molar-refractivity contribution in [3.05, 3.63) is 63.7 Å². The van der Waals surface area contributed by atoms with Crippen LogP contribution in [0.2, 0.25) is 5.02 Å². The van der Waals surface area contributed by atoms with Gasteiger partial charge in [0.25, 0.3) is 11.8 Å². The van der Waals surface area contributed by atoms with Crippen molar-refractivity contribution >= 4 is 35.3 Å². The average molecular weight is 452 g/mol. The van der Waals surface area contributed by atoms with Crippen LogP contribution in [0.4, 0.5) is 5.69 Å². The summed E-state index contributed by atoms with van der Waals surface area (Å²) in [4.78, 5) is 31.3. The first kappa shape index (κ1) is 23.3. The number of hydrogen-bond donors (Lipinski definition) is 2. The molecule has 0 unspecified atom stereocenters. The molecule has 0 aromatic heterocycles. The van der Waals surface area contributed by atoms with E-state index < -0.39 is 0 Å². The van der Waals surface area contributed by atoms with E-state index in [-0.39, 0.29) is 18.4 Å². The van der Waals surface area contributed by atoms with Crippen molar-refractivity contribution in [2.75, 3.05) is 31.9 Å². The van der Waals surface area contributed by atoms with Gasteiger partial charge in [0.15, 0.2) is 0 Å². The minimum Gasteiger partial charge on any atom is -0.398 e. The third-order valence-corrected chi connectivity index (χ3v) is 5.95. The van der Waals surface area contributed by atoms with Crippen molar-refractivity contribution in [3.63, 3.8) is 0 Å². The van der Waals surface area contributed by atoms with Crippen LogP contribution < -0.4 is 11.1 Å². The van der Waals surface area contributed by atoms with Crippen molar-refractivity contribution < 1.29 is 9.59 Å². The molecular formula is C24H26ClN5O2. The van der Waals surface area contributed by atoms with E-state index in [2.05, 4.69) is 10.3 Å². The highest BCUT2D eigenvalue weighted by Crippen LogP contribution is 2.22. The number of rotatable bonds is 6. The van der Waals surface area contributed by atoms with Crippen LogP contribution in [0.5, 0.6) is 0 Å². The van der Waals surface area contributed by atoms with E-state index in [9.17, 15) is 9.59 Å². The first-order valence-corrected chi connectivity index (χ1v) is 10.9. The quantitative estimate of drug-likeness (QED) is 0.398. The summed E-state index contributed by atoms with van der Waals surface area (Å²) in [6.45, 7) is 3.78. The van der Waals surface area contributed by atoms with Crippen LogP contribution in [-0.2, 0) is 0 Å². The number of nitriles is 1. The molecule has 3 rings (SSSR count). The molecule has 1 fully saturated rings. The first-order chi connectivity index (χ1) is 15.4. The number of nitrogen functional groups attached to an aromatic ring is 1. The van der Waals surface area contributed by atoms with E-state index in [1.807, 2.05) is 17.9 Å². The maximum Gasteiger partial charge on any atom is 0.253 e. The molecule has 1 aliphatic heterocycles. The number of nitrogens with two attached hydrogens (primary N) is 1. The lowest BCUT2D eigenvalue weighted by Crippen LogP contribution is -2.39. The van der Waals surface area contributed by atoms with Crippen LogP contribution in [0, 0.1) is 24.2 Å². The molecule has 1 aliphatic rings. The normalized spacial score (nSPS) is 14.3. The lowest BCUT2D eigenvalue weighted by atomic mass is 9.96. The Hall–Kier alpha value is -3.37. The van der Waals surface area contributed by atoms with E-state index in [1.165, 1.54) is 0 Å². The highest BCUT2D eigenvalue weighted by Gasteiger charge is 2.23. The Labute approximate surface area is 192 Å². The van der Waals surface area contributed by atoms with E-state index >= 15 is 0 Å². The molecule has 2 aromatic carbocycles. The number of likely N-dealkylation sites (tertiary alicyclic amines) is 1. The maximum atomic E-state index is 12.6. The standard InChI is InChI=1S/C24H26ClN5O2/c1-16-20(23(31)29-11-10-26)6-7-22(27)21(16)15-28-14-17-8-12-30(13-9-17)24(32)18-2-4-19(25)5-3-18/h2-7,15,17H,8-9,11-14,27H2,1H3,(H,29,31). The third kappa shape index (κ3) is 5.65. The summed E-state index contributed by atoms with van der Waals surface area (Å²) in [5.74, 6) is 0.0964. The number of aliphatic imine (C=N–C) groups is 1. The minimum atomic E-state index is -0.309. The summed E-state index contributed by atoms with van der Waals surface area (Å²) >= 11 is 5.90. The number of amides is 2. The van der Waals surface area contributed by atoms with Crippen molar-refractivity contribution in [3.8, 4) is 6.07 Å². The Morgan fingerprint density at radius 2 is 1.94 bits per heavy atom. The number of piperidine rings is 1. The van der Waals surface area contributed by atoms with Crippen LogP contribution in [-0.4, -0.2) is 49.1 Å². The molecule has 1 saturated heterocycles. The Morgan fingerprint density at radius 3 is 2.59 bits per heavy atom. The molecule has 0 aliphatic carbocycles. The van der Waals surface area contributed by atoms with Crippen LogP contribution in [0.3, 0.4) is 0 Å².